The molecule has 0 bridgehead atoms. The maximum atomic E-state index is 12.8. The lowest BCUT2D eigenvalue weighted by atomic mass is 10.1. The third kappa shape index (κ3) is 49.9. The zero-order chi connectivity index (χ0) is 46.5. The van der Waals surface area contributed by atoms with Crippen molar-refractivity contribution in [3.05, 3.63) is 72.9 Å². The molecule has 368 valence electrons. The zero-order valence-electron chi connectivity index (χ0n) is 42.0. The summed E-state index contributed by atoms with van der Waals surface area (Å²) in [6, 6.07) is 0. The predicted octanol–water partition coefficient (Wildman–Crippen LogP) is 17.8. The average Bonchev–Trinajstić information content (AvgIpc) is 3.29. The minimum absolute atomic E-state index is 0.0846. The molecular weight excluding hydrogens is 793 g/mol. The lowest BCUT2D eigenvalue weighted by Crippen LogP contribution is -2.30. The van der Waals surface area contributed by atoms with Gasteiger partial charge < -0.3 is 14.2 Å². The largest absolute Gasteiger partial charge is 0.462 e. The summed E-state index contributed by atoms with van der Waals surface area (Å²) in [5.41, 5.74) is 0. The van der Waals surface area contributed by atoms with Gasteiger partial charge in [0.1, 0.15) is 13.2 Å². The number of carbonyl (C=O) groups is 3. The van der Waals surface area contributed by atoms with Crippen molar-refractivity contribution in [1.29, 1.82) is 0 Å². The smallest absolute Gasteiger partial charge is 0.306 e. The van der Waals surface area contributed by atoms with E-state index in [-0.39, 0.29) is 31.1 Å². The normalized spacial score (nSPS) is 12.6. The van der Waals surface area contributed by atoms with Crippen molar-refractivity contribution >= 4 is 17.9 Å². The van der Waals surface area contributed by atoms with Crippen LogP contribution in [-0.2, 0) is 28.6 Å². The highest BCUT2D eigenvalue weighted by molar-refractivity contribution is 5.71. The van der Waals surface area contributed by atoms with Crippen LogP contribution in [0.25, 0.3) is 0 Å². The van der Waals surface area contributed by atoms with Gasteiger partial charge in [0, 0.05) is 19.3 Å². The number of ether oxygens (including phenoxy) is 3. The summed E-state index contributed by atoms with van der Waals surface area (Å²) in [4.78, 5) is 38.0. The van der Waals surface area contributed by atoms with Gasteiger partial charge in [-0.3, -0.25) is 14.4 Å². The summed E-state index contributed by atoms with van der Waals surface area (Å²) in [5, 5.41) is 0. The van der Waals surface area contributed by atoms with Crippen molar-refractivity contribution in [3.8, 4) is 0 Å². The molecule has 0 rings (SSSR count). The maximum absolute atomic E-state index is 12.8. The molecule has 0 saturated heterocycles. The molecule has 0 aromatic heterocycles. The van der Waals surface area contributed by atoms with Gasteiger partial charge >= 0.3 is 17.9 Å². The molecule has 64 heavy (non-hydrogen) atoms. The zero-order valence-corrected chi connectivity index (χ0v) is 42.0. The molecule has 0 aliphatic carbocycles. The van der Waals surface area contributed by atoms with Gasteiger partial charge in [-0.1, -0.05) is 222 Å². The van der Waals surface area contributed by atoms with Gasteiger partial charge in [-0.15, -0.1) is 0 Å². The van der Waals surface area contributed by atoms with Crippen molar-refractivity contribution in [2.24, 2.45) is 0 Å². The third-order valence-electron chi connectivity index (χ3n) is 11.5. The highest BCUT2D eigenvalue weighted by Crippen LogP contribution is 2.15. The van der Waals surface area contributed by atoms with E-state index in [2.05, 4.69) is 93.7 Å². The highest BCUT2D eigenvalue weighted by Gasteiger charge is 2.19. The van der Waals surface area contributed by atoms with Crippen LogP contribution in [0, 0.1) is 0 Å². The van der Waals surface area contributed by atoms with Crippen LogP contribution in [0.2, 0.25) is 0 Å². The van der Waals surface area contributed by atoms with Crippen LogP contribution in [-0.4, -0.2) is 37.2 Å². The Balaban J connectivity index is 4.37. The molecule has 0 spiro atoms. The van der Waals surface area contributed by atoms with Crippen LogP contribution in [0.4, 0.5) is 0 Å². The van der Waals surface area contributed by atoms with E-state index in [9.17, 15) is 14.4 Å². The summed E-state index contributed by atoms with van der Waals surface area (Å²) in [5.74, 6) is -0.906. The fourth-order valence-corrected chi connectivity index (χ4v) is 7.43. The second-order valence-corrected chi connectivity index (χ2v) is 17.8. The first-order valence-corrected chi connectivity index (χ1v) is 27.0. The summed E-state index contributed by atoms with van der Waals surface area (Å²) < 4.78 is 16.8. The van der Waals surface area contributed by atoms with Crippen LogP contribution >= 0.6 is 0 Å². The first kappa shape index (κ1) is 60.9. The number of esters is 3. The molecule has 0 saturated carbocycles. The average molecular weight is 893 g/mol. The number of allylic oxidation sites excluding steroid dienone is 12. The molecule has 0 fully saturated rings. The molecule has 0 aromatic rings. The Labute approximate surface area is 395 Å². The number of carbonyl (C=O) groups excluding carboxylic acids is 3. The van der Waals surface area contributed by atoms with Crippen molar-refractivity contribution < 1.29 is 28.6 Å². The van der Waals surface area contributed by atoms with Crippen molar-refractivity contribution in [3.63, 3.8) is 0 Å². The first-order chi connectivity index (χ1) is 31.5. The Morgan fingerprint density at radius 1 is 0.328 bits per heavy atom. The Kier molecular flexibility index (Phi) is 49.9. The van der Waals surface area contributed by atoms with E-state index in [1.807, 2.05) is 0 Å². The molecule has 0 amide bonds. The Bertz CT molecular complexity index is 1210. The van der Waals surface area contributed by atoms with E-state index in [1.54, 1.807) is 0 Å². The summed E-state index contributed by atoms with van der Waals surface area (Å²) in [6.07, 6.45) is 66.0. The highest BCUT2D eigenvalue weighted by atomic mass is 16.6. The molecule has 0 aliphatic heterocycles. The van der Waals surface area contributed by atoms with Crippen LogP contribution in [0.1, 0.15) is 258 Å². The molecule has 0 heterocycles. The van der Waals surface area contributed by atoms with E-state index in [4.69, 9.17) is 14.2 Å². The predicted molar refractivity (Wildman–Crippen MR) is 274 cm³/mol. The fraction of sp³-hybridized carbons (Fsp3) is 0.741. The van der Waals surface area contributed by atoms with E-state index >= 15 is 0 Å². The molecule has 0 radical (unpaired) electrons. The molecule has 1 unspecified atom stereocenters. The van der Waals surface area contributed by atoms with E-state index < -0.39 is 6.10 Å². The number of hydrogen-bond acceptors (Lipinski definition) is 6. The van der Waals surface area contributed by atoms with Crippen molar-refractivity contribution in [2.75, 3.05) is 13.2 Å². The Morgan fingerprint density at radius 2 is 0.625 bits per heavy atom. The van der Waals surface area contributed by atoms with E-state index in [0.29, 0.717) is 19.3 Å². The van der Waals surface area contributed by atoms with Gasteiger partial charge in [0.2, 0.25) is 0 Å². The third-order valence-corrected chi connectivity index (χ3v) is 11.5. The molecule has 0 aliphatic rings. The van der Waals surface area contributed by atoms with Gasteiger partial charge in [0.15, 0.2) is 6.10 Å². The van der Waals surface area contributed by atoms with Gasteiger partial charge in [0.25, 0.3) is 0 Å². The maximum Gasteiger partial charge on any atom is 0.306 e. The fourth-order valence-electron chi connectivity index (χ4n) is 7.43. The monoisotopic (exact) mass is 893 g/mol. The molecule has 1 atom stereocenters. The lowest BCUT2D eigenvalue weighted by molar-refractivity contribution is -0.167. The molecule has 6 nitrogen and oxygen atoms in total. The SMILES string of the molecule is CC\C=C/C=C\C=C/CCCCCCCCCC(=O)OC(COC(=O)CCCCCCC/C=C\CCCCC)COC(=O)CCCCCCCCCCCC/C=C\C=C/CCCCC. The van der Waals surface area contributed by atoms with Gasteiger partial charge in [-0.25, -0.2) is 0 Å². The molecule has 0 N–H and O–H groups in total. The summed E-state index contributed by atoms with van der Waals surface area (Å²) >= 11 is 0. The summed E-state index contributed by atoms with van der Waals surface area (Å²) in [6.45, 7) is 6.45. The van der Waals surface area contributed by atoms with Gasteiger partial charge in [-0.05, 0) is 89.9 Å². The Hall–Kier alpha value is -3.15. The minimum atomic E-state index is -0.786. The van der Waals surface area contributed by atoms with Crippen molar-refractivity contribution in [2.45, 2.75) is 264 Å². The summed E-state index contributed by atoms with van der Waals surface area (Å²) in [7, 11) is 0. The second-order valence-electron chi connectivity index (χ2n) is 17.8. The van der Waals surface area contributed by atoms with E-state index in [1.165, 1.54) is 141 Å². The standard InChI is InChI=1S/C58H100O6/c1-4-7-10-13-16-19-22-25-27-28-29-30-32-33-36-39-42-45-48-51-57(60)63-54-55(53-62-56(59)50-47-44-41-38-35-24-21-18-15-12-9-6-3)64-58(61)52-49-46-43-40-37-34-31-26-23-20-17-14-11-8-5-2/h8,11,14,16-23,25,55H,4-7,9-10,12-13,15,24,26-54H2,1-3H3/b11-8-,17-14-,19-16-,21-18-,23-20-,25-22-. The molecular formula is C58H100O6. The first-order valence-electron chi connectivity index (χ1n) is 27.0. The van der Waals surface area contributed by atoms with Gasteiger partial charge in [-0.2, -0.15) is 0 Å². The second kappa shape index (κ2) is 52.5. The van der Waals surface area contributed by atoms with Crippen LogP contribution in [0.3, 0.4) is 0 Å². The molecule has 6 heteroatoms. The Morgan fingerprint density at radius 3 is 1.00 bits per heavy atom. The quantitative estimate of drug-likeness (QED) is 0.0199. The van der Waals surface area contributed by atoms with Crippen LogP contribution in [0.15, 0.2) is 72.9 Å². The minimum Gasteiger partial charge on any atom is -0.462 e. The molecule has 0 aromatic carbocycles. The lowest BCUT2D eigenvalue weighted by Gasteiger charge is -2.18. The number of unbranched alkanes of at least 4 members (excludes halogenated alkanes) is 28. The number of hydrogen-bond donors (Lipinski definition) is 0. The van der Waals surface area contributed by atoms with E-state index in [0.717, 1.165) is 77.0 Å². The number of rotatable bonds is 48. The van der Waals surface area contributed by atoms with Crippen LogP contribution < -0.4 is 0 Å². The van der Waals surface area contributed by atoms with Crippen LogP contribution in [0.5, 0.6) is 0 Å². The van der Waals surface area contributed by atoms with Crippen molar-refractivity contribution in [1.82, 2.24) is 0 Å². The van der Waals surface area contributed by atoms with Gasteiger partial charge in [0.05, 0.1) is 0 Å². The topological polar surface area (TPSA) is 78.9 Å².